The summed E-state index contributed by atoms with van der Waals surface area (Å²) in [5, 5.41) is 4.17. The topological polar surface area (TPSA) is 64.2 Å². The predicted molar refractivity (Wildman–Crippen MR) is 78.8 cm³/mol. The number of aromatic nitrogens is 2. The first-order valence-electron chi connectivity index (χ1n) is 6.92. The second-order valence-electron chi connectivity index (χ2n) is 4.99. The van der Waals surface area contributed by atoms with E-state index in [2.05, 4.69) is 5.10 Å². The van der Waals surface area contributed by atoms with Gasteiger partial charge in [-0.05, 0) is 37.5 Å². The Balaban J connectivity index is 1.96. The van der Waals surface area contributed by atoms with Gasteiger partial charge in [0, 0.05) is 30.7 Å². The van der Waals surface area contributed by atoms with Gasteiger partial charge in [0.2, 0.25) is 0 Å². The molecular formula is C15H18N4O. The fourth-order valence-electron chi connectivity index (χ4n) is 2.67. The van der Waals surface area contributed by atoms with E-state index in [-0.39, 0.29) is 5.91 Å². The minimum Gasteiger partial charge on any atom is -0.398 e. The summed E-state index contributed by atoms with van der Waals surface area (Å²) in [6.07, 6.45) is 5.30. The zero-order valence-electron chi connectivity index (χ0n) is 11.5. The van der Waals surface area contributed by atoms with Gasteiger partial charge in [0.15, 0.2) is 0 Å². The fraction of sp³-hybridized carbons (Fsp3) is 0.333. The van der Waals surface area contributed by atoms with E-state index < -0.39 is 0 Å². The molecule has 104 valence electrons. The summed E-state index contributed by atoms with van der Waals surface area (Å²) in [7, 11) is 0. The van der Waals surface area contributed by atoms with E-state index in [0.717, 1.165) is 42.9 Å². The van der Waals surface area contributed by atoms with E-state index in [9.17, 15) is 4.79 Å². The third kappa shape index (κ3) is 2.05. The molecule has 1 aliphatic rings. The van der Waals surface area contributed by atoms with Crippen molar-refractivity contribution in [2.45, 2.75) is 26.3 Å². The lowest BCUT2D eigenvalue weighted by molar-refractivity contribution is 0.0985. The second kappa shape index (κ2) is 5.00. The molecule has 0 radical (unpaired) electrons. The molecule has 5 heteroatoms. The molecule has 0 spiro atoms. The van der Waals surface area contributed by atoms with Crippen molar-refractivity contribution in [2.75, 3.05) is 17.2 Å². The molecule has 1 aliphatic heterocycles. The number of benzene rings is 1. The van der Waals surface area contributed by atoms with Gasteiger partial charge in [-0.15, -0.1) is 0 Å². The lowest BCUT2D eigenvalue weighted by Crippen LogP contribution is -2.35. The van der Waals surface area contributed by atoms with E-state index in [1.807, 2.05) is 30.0 Å². The van der Waals surface area contributed by atoms with Gasteiger partial charge >= 0.3 is 0 Å². The summed E-state index contributed by atoms with van der Waals surface area (Å²) >= 11 is 0. The Morgan fingerprint density at radius 2 is 2.30 bits per heavy atom. The standard InChI is InChI=1S/C15H18N4O/c1-2-18-10-11(9-17-18)15(20)19-8-4-5-12-13(16)6-3-7-14(12)19/h3,6-7,9-10H,2,4-5,8,16H2,1H3. The Bertz CT molecular complexity index is 647. The molecule has 1 aromatic heterocycles. The normalized spacial score (nSPS) is 14.2. The van der Waals surface area contributed by atoms with Gasteiger partial charge in [-0.2, -0.15) is 5.10 Å². The highest BCUT2D eigenvalue weighted by Crippen LogP contribution is 2.32. The molecule has 2 aromatic rings. The number of rotatable bonds is 2. The largest absolute Gasteiger partial charge is 0.398 e. The SMILES string of the molecule is CCn1cc(C(=O)N2CCCc3c(N)cccc32)cn1. The summed E-state index contributed by atoms with van der Waals surface area (Å²) in [4.78, 5) is 14.4. The van der Waals surface area contributed by atoms with E-state index in [4.69, 9.17) is 5.73 Å². The first-order chi connectivity index (χ1) is 9.70. The van der Waals surface area contributed by atoms with Crippen LogP contribution in [0.3, 0.4) is 0 Å². The molecule has 0 saturated carbocycles. The zero-order chi connectivity index (χ0) is 14.1. The summed E-state index contributed by atoms with van der Waals surface area (Å²) in [5.74, 6) is -0.00347. The van der Waals surface area contributed by atoms with Crippen LogP contribution in [-0.4, -0.2) is 22.2 Å². The molecular weight excluding hydrogens is 252 g/mol. The summed E-state index contributed by atoms with van der Waals surface area (Å²) in [6, 6.07) is 5.75. The van der Waals surface area contributed by atoms with Crippen LogP contribution >= 0.6 is 0 Å². The van der Waals surface area contributed by atoms with Crippen molar-refractivity contribution in [1.82, 2.24) is 9.78 Å². The number of fused-ring (bicyclic) bond motifs is 1. The highest BCUT2D eigenvalue weighted by molar-refractivity contribution is 6.06. The molecule has 0 unspecified atom stereocenters. The summed E-state index contributed by atoms with van der Waals surface area (Å²) in [5.41, 5.74) is 9.42. The maximum absolute atomic E-state index is 12.6. The third-order valence-corrected chi connectivity index (χ3v) is 3.74. The third-order valence-electron chi connectivity index (χ3n) is 3.74. The van der Waals surface area contributed by atoms with Gasteiger partial charge in [-0.1, -0.05) is 6.07 Å². The number of nitrogens with two attached hydrogens (primary N) is 1. The van der Waals surface area contributed by atoms with Crippen molar-refractivity contribution in [3.8, 4) is 0 Å². The first kappa shape index (κ1) is 12.7. The minimum atomic E-state index is -0.00347. The fourth-order valence-corrected chi connectivity index (χ4v) is 2.67. The van der Waals surface area contributed by atoms with E-state index in [1.165, 1.54) is 0 Å². The summed E-state index contributed by atoms with van der Waals surface area (Å²) < 4.78 is 1.76. The highest BCUT2D eigenvalue weighted by Gasteiger charge is 2.25. The van der Waals surface area contributed by atoms with E-state index in [0.29, 0.717) is 5.56 Å². The predicted octanol–water partition coefficient (Wildman–Crippen LogP) is 2.08. The van der Waals surface area contributed by atoms with Gasteiger partial charge < -0.3 is 10.6 Å². The molecule has 3 rings (SSSR count). The zero-order valence-corrected chi connectivity index (χ0v) is 11.5. The van der Waals surface area contributed by atoms with Gasteiger partial charge in [-0.25, -0.2) is 0 Å². The lowest BCUT2D eigenvalue weighted by atomic mass is 9.99. The average Bonchev–Trinajstić information content (AvgIpc) is 2.95. The molecule has 20 heavy (non-hydrogen) atoms. The lowest BCUT2D eigenvalue weighted by Gasteiger charge is -2.30. The van der Waals surface area contributed by atoms with Crippen molar-refractivity contribution in [3.63, 3.8) is 0 Å². The number of anilines is 2. The minimum absolute atomic E-state index is 0.00347. The molecule has 2 heterocycles. The van der Waals surface area contributed by atoms with Crippen molar-refractivity contribution < 1.29 is 4.79 Å². The first-order valence-corrected chi connectivity index (χ1v) is 6.92. The van der Waals surface area contributed by atoms with E-state index in [1.54, 1.807) is 17.1 Å². The van der Waals surface area contributed by atoms with Gasteiger partial charge in [-0.3, -0.25) is 9.48 Å². The Labute approximate surface area is 118 Å². The number of aryl methyl sites for hydroxylation is 1. The Morgan fingerprint density at radius 1 is 1.45 bits per heavy atom. The van der Waals surface area contributed by atoms with Gasteiger partial charge in [0.25, 0.3) is 5.91 Å². The summed E-state index contributed by atoms with van der Waals surface area (Å²) in [6.45, 7) is 3.49. The molecule has 0 bridgehead atoms. The molecule has 0 atom stereocenters. The Kier molecular flexibility index (Phi) is 3.18. The number of carbonyl (C=O) groups is 1. The quantitative estimate of drug-likeness (QED) is 0.850. The molecule has 0 saturated heterocycles. The number of hydrogen-bond acceptors (Lipinski definition) is 3. The number of carbonyl (C=O) groups excluding carboxylic acids is 1. The van der Waals surface area contributed by atoms with Crippen LogP contribution in [0.25, 0.3) is 0 Å². The van der Waals surface area contributed by atoms with Crippen molar-refractivity contribution in [2.24, 2.45) is 0 Å². The van der Waals surface area contributed by atoms with Crippen LogP contribution in [0.1, 0.15) is 29.3 Å². The van der Waals surface area contributed by atoms with Gasteiger partial charge in [0.1, 0.15) is 0 Å². The highest BCUT2D eigenvalue weighted by atomic mass is 16.2. The van der Waals surface area contributed by atoms with Crippen LogP contribution in [0.15, 0.2) is 30.6 Å². The molecule has 0 aliphatic carbocycles. The average molecular weight is 270 g/mol. The Morgan fingerprint density at radius 3 is 3.05 bits per heavy atom. The maximum Gasteiger partial charge on any atom is 0.261 e. The van der Waals surface area contributed by atoms with Crippen LogP contribution in [0.2, 0.25) is 0 Å². The second-order valence-corrected chi connectivity index (χ2v) is 4.99. The monoisotopic (exact) mass is 270 g/mol. The smallest absolute Gasteiger partial charge is 0.261 e. The van der Waals surface area contributed by atoms with E-state index >= 15 is 0 Å². The number of nitrogen functional groups attached to an aromatic ring is 1. The van der Waals surface area contributed by atoms with Crippen molar-refractivity contribution in [1.29, 1.82) is 0 Å². The molecule has 5 nitrogen and oxygen atoms in total. The molecule has 2 N–H and O–H groups in total. The van der Waals surface area contributed by atoms with Crippen LogP contribution < -0.4 is 10.6 Å². The van der Waals surface area contributed by atoms with Crippen molar-refractivity contribution in [3.05, 3.63) is 41.7 Å². The number of amides is 1. The van der Waals surface area contributed by atoms with Gasteiger partial charge in [0.05, 0.1) is 11.8 Å². The van der Waals surface area contributed by atoms with Crippen LogP contribution in [0.4, 0.5) is 11.4 Å². The number of hydrogen-bond donors (Lipinski definition) is 1. The van der Waals surface area contributed by atoms with Crippen molar-refractivity contribution >= 4 is 17.3 Å². The van der Waals surface area contributed by atoms with Crippen LogP contribution in [0, 0.1) is 0 Å². The Hall–Kier alpha value is -2.30. The van der Waals surface area contributed by atoms with Crippen LogP contribution in [-0.2, 0) is 13.0 Å². The molecule has 0 fully saturated rings. The molecule has 1 aromatic carbocycles. The maximum atomic E-state index is 12.6. The molecule has 1 amide bonds. The van der Waals surface area contributed by atoms with Crippen LogP contribution in [0.5, 0.6) is 0 Å². The number of nitrogens with zero attached hydrogens (tertiary/aromatic N) is 3.